The fourth-order valence-electron chi connectivity index (χ4n) is 2.49. The third-order valence-electron chi connectivity index (χ3n) is 3.67. The number of para-hydroxylation sites is 1. The van der Waals surface area contributed by atoms with Crippen molar-refractivity contribution in [1.29, 1.82) is 0 Å². The Morgan fingerprint density at radius 2 is 1.48 bits per heavy atom. The van der Waals surface area contributed by atoms with Crippen LogP contribution in [-0.4, -0.2) is 19.5 Å². The van der Waals surface area contributed by atoms with Crippen LogP contribution in [0.15, 0.2) is 77.3 Å². The second kappa shape index (κ2) is 8.49. The number of carbonyl (C=O) groups excluding carboxylic acids is 1. The summed E-state index contributed by atoms with van der Waals surface area (Å²) in [6.07, 6.45) is 0.783. The van der Waals surface area contributed by atoms with E-state index in [2.05, 4.69) is 28.1 Å². The molecule has 0 saturated heterocycles. The molecule has 3 nitrogen and oxygen atoms in total. The fourth-order valence-corrected chi connectivity index (χ4v) is 2.87. The topological polar surface area (TPSA) is 35.5 Å². The van der Waals surface area contributed by atoms with Gasteiger partial charge >= 0.3 is 0 Å². The predicted molar refractivity (Wildman–Crippen MR) is 102 cm³/mol. The maximum absolute atomic E-state index is 11.1. The number of halogens is 1. The highest BCUT2D eigenvalue weighted by molar-refractivity contribution is 9.10. The minimum absolute atomic E-state index is 0.353. The lowest BCUT2D eigenvalue weighted by molar-refractivity contribution is 0.111. The molecular weight excluding hydrogens is 380 g/mol. The van der Waals surface area contributed by atoms with Crippen LogP contribution in [0.25, 0.3) is 11.1 Å². The van der Waals surface area contributed by atoms with Gasteiger partial charge in [-0.2, -0.15) is 0 Å². The third kappa shape index (κ3) is 4.48. The highest BCUT2D eigenvalue weighted by atomic mass is 79.9. The summed E-state index contributed by atoms with van der Waals surface area (Å²) in [6.45, 7) is 0.740. The van der Waals surface area contributed by atoms with Crippen LogP contribution in [0.2, 0.25) is 0 Å². The fraction of sp³-hybridized carbons (Fsp3) is 0.0952. The number of hydrogen-bond acceptors (Lipinski definition) is 3. The molecule has 0 radical (unpaired) electrons. The second-order valence-electron chi connectivity index (χ2n) is 5.36. The molecule has 0 aliphatic heterocycles. The maximum Gasteiger partial charge on any atom is 0.153 e. The number of ether oxygens (including phenoxy) is 2. The molecule has 0 fully saturated rings. The molecule has 0 amide bonds. The first-order valence-corrected chi connectivity index (χ1v) is 8.72. The van der Waals surface area contributed by atoms with Gasteiger partial charge in [-0.1, -0.05) is 64.5 Å². The SMILES string of the molecule is O=Cc1cc(Br)ccc1OCCOc1ccccc1-c1ccccc1. The molecule has 3 aromatic rings. The smallest absolute Gasteiger partial charge is 0.153 e. The van der Waals surface area contributed by atoms with Crippen molar-refractivity contribution in [3.63, 3.8) is 0 Å². The van der Waals surface area contributed by atoms with Gasteiger partial charge in [-0.05, 0) is 29.8 Å². The van der Waals surface area contributed by atoms with Gasteiger partial charge < -0.3 is 9.47 Å². The standard InChI is InChI=1S/C21H17BrO3/c22-18-10-11-20(17(14-18)15-23)24-12-13-25-21-9-5-4-8-19(21)16-6-2-1-3-7-16/h1-11,14-15H,12-13H2. The van der Waals surface area contributed by atoms with E-state index >= 15 is 0 Å². The summed E-state index contributed by atoms with van der Waals surface area (Å²) in [4.78, 5) is 11.1. The van der Waals surface area contributed by atoms with Crippen LogP contribution in [0.4, 0.5) is 0 Å². The van der Waals surface area contributed by atoms with Gasteiger partial charge in [0, 0.05) is 10.0 Å². The number of carbonyl (C=O) groups is 1. The van der Waals surface area contributed by atoms with E-state index < -0.39 is 0 Å². The Kier molecular flexibility index (Phi) is 5.86. The van der Waals surface area contributed by atoms with Crippen LogP contribution in [0.3, 0.4) is 0 Å². The molecule has 0 atom stereocenters. The van der Waals surface area contributed by atoms with Gasteiger partial charge in [0.2, 0.25) is 0 Å². The monoisotopic (exact) mass is 396 g/mol. The van der Waals surface area contributed by atoms with Gasteiger partial charge in [0.05, 0.1) is 5.56 Å². The molecule has 0 spiro atoms. The van der Waals surface area contributed by atoms with E-state index in [0.717, 1.165) is 27.6 Å². The molecule has 0 unspecified atom stereocenters. The van der Waals surface area contributed by atoms with Crippen LogP contribution in [-0.2, 0) is 0 Å². The first-order valence-electron chi connectivity index (χ1n) is 7.93. The molecule has 0 aliphatic rings. The molecule has 0 saturated carbocycles. The van der Waals surface area contributed by atoms with Crippen molar-refractivity contribution in [2.24, 2.45) is 0 Å². The van der Waals surface area contributed by atoms with Gasteiger partial charge in [-0.15, -0.1) is 0 Å². The van der Waals surface area contributed by atoms with E-state index in [0.29, 0.717) is 24.5 Å². The Labute approximate surface area is 155 Å². The number of benzene rings is 3. The average Bonchev–Trinajstić information content (AvgIpc) is 2.67. The molecule has 126 valence electrons. The normalized spacial score (nSPS) is 10.3. The van der Waals surface area contributed by atoms with Crippen LogP contribution >= 0.6 is 15.9 Å². The van der Waals surface area contributed by atoms with Crippen LogP contribution in [0.5, 0.6) is 11.5 Å². The zero-order chi connectivity index (χ0) is 17.5. The van der Waals surface area contributed by atoms with Crippen molar-refractivity contribution in [3.8, 4) is 22.6 Å². The Hall–Kier alpha value is -2.59. The van der Waals surface area contributed by atoms with Crippen molar-refractivity contribution in [2.75, 3.05) is 13.2 Å². The van der Waals surface area contributed by atoms with Gasteiger partial charge in [-0.25, -0.2) is 0 Å². The van der Waals surface area contributed by atoms with Gasteiger partial charge in [0.15, 0.2) is 6.29 Å². The summed E-state index contributed by atoms with van der Waals surface area (Å²) in [6, 6.07) is 23.4. The van der Waals surface area contributed by atoms with E-state index in [1.165, 1.54) is 0 Å². The zero-order valence-corrected chi connectivity index (χ0v) is 15.1. The quantitative estimate of drug-likeness (QED) is 0.396. The van der Waals surface area contributed by atoms with Crippen molar-refractivity contribution >= 4 is 22.2 Å². The lowest BCUT2D eigenvalue weighted by Gasteiger charge is -2.13. The molecule has 0 heterocycles. The Balaban J connectivity index is 1.63. The minimum atomic E-state index is 0.353. The first kappa shape index (κ1) is 17.2. The van der Waals surface area contributed by atoms with Crippen LogP contribution < -0.4 is 9.47 Å². The van der Waals surface area contributed by atoms with E-state index in [1.54, 1.807) is 12.1 Å². The van der Waals surface area contributed by atoms with Gasteiger partial charge in [-0.3, -0.25) is 4.79 Å². The summed E-state index contributed by atoms with van der Waals surface area (Å²) in [5.41, 5.74) is 2.66. The first-order chi connectivity index (χ1) is 12.3. The Morgan fingerprint density at radius 1 is 0.800 bits per heavy atom. The van der Waals surface area contributed by atoms with E-state index in [1.807, 2.05) is 48.5 Å². The molecule has 0 aliphatic carbocycles. The van der Waals surface area contributed by atoms with E-state index in [4.69, 9.17) is 9.47 Å². The lowest BCUT2D eigenvalue weighted by Crippen LogP contribution is -2.10. The molecule has 3 aromatic carbocycles. The number of rotatable bonds is 7. The molecule has 4 heteroatoms. The third-order valence-corrected chi connectivity index (χ3v) is 4.16. The summed E-state index contributed by atoms with van der Waals surface area (Å²) >= 11 is 3.34. The number of hydrogen-bond donors (Lipinski definition) is 0. The summed E-state index contributed by atoms with van der Waals surface area (Å²) in [7, 11) is 0. The zero-order valence-electron chi connectivity index (χ0n) is 13.5. The van der Waals surface area contributed by atoms with Gasteiger partial charge in [0.25, 0.3) is 0 Å². The number of aldehydes is 1. The highest BCUT2D eigenvalue weighted by Gasteiger charge is 2.06. The molecular formula is C21H17BrO3. The predicted octanol–water partition coefficient (Wildman–Crippen LogP) is 5.39. The second-order valence-corrected chi connectivity index (χ2v) is 6.27. The Morgan fingerprint density at radius 3 is 2.24 bits per heavy atom. The van der Waals surface area contributed by atoms with Crippen LogP contribution in [0, 0.1) is 0 Å². The molecule has 0 bridgehead atoms. The highest BCUT2D eigenvalue weighted by Crippen LogP contribution is 2.29. The molecule has 0 aromatic heterocycles. The van der Waals surface area contributed by atoms with Crippen molar-refractivity contribution in [3.05, 3.63) is 82.8 Å². The van der Waals surface area contributed by atoms with E-state index in [-0.39, 0.29) is 0 Å². The molecule has 3 rings (SSSR count). The van der Waals surface area contributed by atoms with Crippen LogP contribution in [0.1, 0.15) is 10.4 Å². The van der Waals surface area contributed by atoms with Gasteiger partial charge in [0.1, 0.15) is 24.7 Å². The largest absolute Gasteiger partial charge is 0.489 e. The summed E-state index contributed by atoms with van der Waals surface area (Å²) < 4.78 is 12.4. The summed E-state index contributed by atoms with van der Waals surface area (Å²) in [5, 5.41) is 0. The molecule has 0 N–H and O–H groups in total. The lowest BCUT2D eigenvalue weighted by atomic mass is 10.1. The van der Waals surface area contributed by atoms with Crippen molar-refractivity contribution < 1.29 is 14.3 Å². The van der Waals surface area contributed by atoms with Crippen molar-refractivity contribution in [2.45, 2.75) is 0 Å². The molecule has 25 heavy (non-hydrogen) atoms. The van der Waals surface area contributed by atoms with Crippen molar-refractivity contribution in [1.82, 2.24) is 0 Å². The minimum Gasteiger partial charge on any atom is -0.489 e. The van der Waals surface area contributed by atoms with E-state index in [9.17, 15) is 4.79 Å². The Bertz CT molecular complexity index is 847. The maximum atomic E-state index is 11.1. The summed E-state index contributed by atoms with van der Waals surface area (Å²) in [5.74, 6) is 1.36. The average molecular weight is 397 g/mol.